The van der Waals surface area contributed by atoms with Crippen LogP contribution in [0.15, 0.2) is 33.4 Å². The second-order valence-electron chi connectivity index (χ2n) is 5.46. The molecule has 0 aliphatic carbocycles. The summed E-state index contributed by atoms with van der Waals surface area (Å²) in [5.41, 5.74) is 3.62. The molecule has 3 nitrogen and oxygen atoms in total. The van der Waals surface area contributed by atoms with Crippen LogP contribution in [-0.2, 0) is 6.42 Å². The van der Waals surface area contributed by atoms with Crippen molar-refractivity contribution in [1.82, 2.24) is 5.32 Å². The summed E-state index contributed by atoms with van der Waals surface area (Å²) in [7, 11) is 0. The number of halogens is 1. The molecule has 1 aromatic heterocycles. The molecule has 0 fully saturated rings. The Morgan fingerprint density at radius 2 is 2.19 bits per heavy atom. The van der Waals surface area contributed by atoms with Crippen LogP contribution in [0, 0.1) is 6.92 Å². The first-order chi connectivity index (χ1) is 10.2. The van der Waals surface area contributed by atoms with Gasteiger partial charge in [0.1, 0.15) is 11.5 Å². The monoisotopic (exact) mass is 349 g/mol. The van der Waals surface area contributed by atoms with Gasteiger partial charge < -0.3 is 14.5 Å². The molecule has 1 aromatic carbocycles. The number of rotatable bonds is 5. The maximum absolute atomic E-state index is 5.88. The molecule has 0 bridgehead atoms. The molecule has 0 spiro atoms. The van der Waals surface area contributed by atoms with Gasteiger partial charge in [-0.3, -0.25) is 0 Å². The van der Waals surface area contributed by atoms with Gasteiger partial charge in [0.25, 0.3) is 0 Å². The topological polar surface area (TPSA) is 34.4 Å². The van der Waals surface area contributed by atoms with Gasteiger partial charge in [0, 0.05) is 22.0 Å². The fourth-order valence-electron chi connectivity index (χ4n) is 2.82. The summed E-state index contributed by atoms with van der Waals surface area (Å²) < 4.78 is 12.5. The Hall–Kier alpha value is -1.26. The van der Waals surface area contributed by atoms with Crippen LogP contribution in [0.5, 0.6) is 5.75 Å². The number of hydrogen-bond acceptors (Lipinski definition) is 3. The molecule has 1 atom stereocenters. The molecule has 1 aliphatic heterocycles. The number of benzene rings is 1. The van der Waals surface area contributed by atoms with E-state index in [9.17, 15) is 0 Å². The molecule has 1 aliphatic rings. The third-order valence-corrected chi connectivity index (χ3v) is 4.23. The first-order valence-electron chi connectivity index (χ1n) is 7.42. The largest absolute Gasteiger partial charge is 0.493 e. The molecule has 112 valence electrons. The zero-order valence-corrected chi connectivity index (χ0v) is 14.0. The van der Waals surface area contributed by atoms with Gasteiger partial charge in [-0.2, -0.15) is 0 Å². The number of aryl methyl sites for hydroxylation is 1. The highest BCUT2D eigenvalue weighted by Gasteiger charge is 2.25. The molecule has 0 amide bonds. The van der Waals surface area contributed by atoms with Crippen LogP contribution in [0.4, 0.5) is 0 Å². The van der Waals surface area contributed by atoms with Crippen molar-refractivity contribution in [3.63, 3.8) is 0 Å². The van der Waals surface area contributed by atoms with Crippen molar-refractivity contribution in [2.24, 2.45) is 0 Å². The first-order valence-corrected chi connectivity index (χ1v) is 8.22. The van der Waals surface area contributed by atoms with E-state index in [1.54, 1.807) is 0 Å². The summed E-state index contributed by atoms with van der Waals surface area (Å²) in [6, 6.07) is 6.50. The number of furan rings is 1. The van der Waals surface area contributed by atoms with Gasteiger partial charge in [-0.05, 0) is 43.7 Å². The fraction of sp³-hybridized carbons (Fsp3) is 0.412. The average Bonchev–Trinajstić information content (AvgIpc) is 3.08. The highest BCUT2D eigenvalue weighted by Crippen LogP contribution is 2.39. The molecule has 0 saturated heterocycles. The summed E-state index contributed by atoms with van der Waals surface area (Å²) in [6.45, 7) is 5.87. The van der Waals surface area contributed by atoms with Crippen LogP contribution >= 0.6 is 15.9 Å². The Labute approximate surface area is 133 Å². The minimum absolute atomic E-state index is 0.103. The Morgan fingerprint density at radius 3 is 2.90 bits per heavy atom. The minimum atomic E-state index is 0.103. The number of ether oxygens (including phenoxy) is 1. The van der Waals surface area contributed by atoms with Crippen molar-refractivity contribution < 1.29 is 9.15 Å². The van der Waals surface area contributed by atoms with E-state index in [2.05, 4.69) is 46.4 Å². The van der Waals surface area contributed by atoms with Crippen LogP contribution in [-0.4, -0.2) is 13.2 Å². The Kier molecular flexibility index (Phi) is 4.36. The van der Waals surface area contributed by atoms with E-state index in [-0.39, 0.29) is 6.04 Å². The molecule has 1 N–H and O–H groups in total. The molecule has 2 heterocycles. The van der Waals surface area contributed by atoms with Gasteiger partial charge in [0.05, 0.1) is 18.9 Å². The molecule has 1 unspecified atom stereocenters. The Bertz CT molecular complexity index is 636. The summed E-state index contributed by atoms with van der Waals surface area (Å²) in [5, 5.41) is 3.61. The van der Waals surface area contributed by atoms with Gasteiger partial charge in [-0.15, -0.1) is 0 Å². The molecule has 21 heavy (non-hydrogen) atoms. The van der Waals surface area contributed by atoms with Crippen molar-refractivity contribution in [3.8, 4) is 5.75 Å². The lowest BCUT2D eigenvalue weighted by Gasteiger charge is -2.20. The van der Waals surface area contributed by atoms with Gasteiger partial charge in [-0.1, -0.05) is 22.9 Å². The van der Waals surface area contributed by atoms with Gasteiger partial charge in [-0.25, -0.2) is 0 Å². The van der Waals surface area contributed by atoms with Crippen molar-refractivity contribution in [2.75, 3.05) is 13.2 Å². The lowest BCUT2D eigenvalue weighted by atomic mass is 9.97. The minimum Gasteiger partial charge on any atom is -0.493 e. The highest BCUT2D eigenvalue weighted by atomic mass is 79.9. The molecular formula is C17H20BrNO2. The van der Waals surface area contributed by atoms with E-state index in [1.165, 1.54) is 11.1 Å². The number of hydrogen-bond donors (Lipinski definition) is 1. The SMILES string of the molecule is CCCNC(c1coc(C)c1)c1cc(Br)cc2c1OCC2. The van der Waals surface area contributed by atoms with Crippen LogP contribution < -0.4 is 10.1 Å². The third-order valence-electron chi connectivity index (χ3n) is 3.77. The normalized spacial score (nSPS) is 14.8. The molecule has 0 saturated carbocycles. The molecule has 3 rings (SSSR count). The zero-order chi connectivity index (χ0) is 14.8. The van der Waals surface area contributed by atoms with Crippen LogP contribution in [0.2, 0.25) is 0 Å². The van der Waals surface area contributed by atoms with Gasteiger partial charge in [0.15, 0.2) is 0 Å². The number of fused-ring (bicyclic) bond motifs is 1. The predicted octanol–water partition coefficient (Wildman–Crippen LogP) is 4.37. The van der Waals surface area contributed by atoms with Gasteiger partial charge >= 0.3 is 0 Å². The Balaban J connectivity index is 2.04. The average molecular weight is 350 g/mol. The van der Waals surface area contributed by atoms with E-state index in [1.807, 2.05) is 13.2 Å². The lowest BCUT2D eigenvalue weighted by molar-refractivity contribution is 0.350. The van der Waals surface area contributed by atoms with Crippen LogP contribution in [0.25, 0.3) is 0 Å². The first kappa shape index (κ1) is 14.7. The Morgan fingerprint density at radius 1 is 1.33 bits per heavy atom. The molecular weight excluding hydrogens is 330 g/mol. The third kappa shape index (κ3) is 3.01. The van der Waals surface area contributed by atoms with E-state index in [0.29, 0.717) is 0 Å². The molecule has 2 aromatic rings. The second-order valence-corrected chi connectivity index (χ2v) is 6.38. The second kappa shape index (κ2) is 6.24. The van der Waals surface area contributed by atoms with Crippen molar-refractivity contribution in [2.45, 2.75) is 32.7 Å². The molecule has 0 radical (unpaired) electrons. The fourth-order valence-corrected chi connectivity index (χ4v) is 3.35. The summed E-state index contributed by atoms with van der Waals surface area (Å²) >= 11 is 3.62. The number of nitrogens with one attached hydrogen (secondary N) is 1. The quantitative estimate of drug-likeness (QED) is 0.869. The van der Waals surface area contributed by atoms with E-state index in [0.717, 1.165) is 47.5 Å². The maximum Gasteiger partial charge on any atom is 0.127 e. The standard InChI is InChI=1S/C17H20BrNO2/c1-3-5-19-16(13-7-11(2)21-10-13)15-9-14(18)8-12-4-6-20-17(12)15/h7-10,16,19H,3-6H2,1-2H3. The van der Waals surface area contributed by atoms with E-state index < -0.39 is 0 Å². The van der Waals surface area contributed by atoms with Crippen LogP contribution in [0.1, 0.15) is 41.8 Å². The predicted molar refractivity (Wildman–Crippen MR) is 86.9 cm³/mol. The van der Waals surface area contributed by atoms with Crippen LogP contribution in [0.3, 0.4) is 0 Å². The summed E-state index contributed by atoms with van der Waals surface area (Å²) in [6.07, 6.45) is 3.90. The van der Waals surface area contributed by atoms with Crippen molar-refractivity contribution >= 4 is 15.9 Å². The van der Waals surface area contributed by atoms with E-state index >= 15 is 0 Å². The smallest absolute Gasteiger partial charge is 0.127 e. The maximum atomic E-state index is 5.88. The van der Waals surface area contributed by atoms with Crippen molar-refractivity contribution in [1.29, 1.82) is 0 Å². The summed E-state index contributed by atoms with van der Waals surface area (Å²) in [4.78, 5) is 0. The van der Waals surface area contributed by atoms with Crippen molar-refractivity contribution in [3.05, 3.63) is 51.4 Å². The zero-order valence-electron chi connectivity index (χ0n) is 12.4. The van der Waals surface area contributed by atoms with Gasteiger partial charge in [0.2, 0.25) is 0 Å². The molecule has 4 heteroatoms. The summed E-state index contributed by atoms with van der Waals surface area (Å²) in [5.74, 6) is 1.96. The lowest BCUT2D eigenvalue weighted by Crippen LogP contribution is -2.23. The highest BCUT2D eigenvalue weighted by molar-refractivity contribution is 9.10. The van der Waals surface area contributed by atoms with E-state index in [4.69, 9.17) is 9.15 Å².